The van der Waals surface area contributed by atoms with Crippen LogP contribution in [-0.4, -0.2) is 34.7 Å². The number of piperidine rings is 2. The Labute approximate surface area is 87.3 Å². The first kappa shape index (κ1) is 10.4. The Morgan fingerprint density at radius 1 is 1.29 bits per heavy atom. The highest BCUT2D eigenvalue weighted by Crippen LogP contribution is 2.40. The summed E-state index contributed by atoms with van der Waals surface area (Å²) in [6, 6.07) is 1.30. The zero-order chi connectivity index (χ0) is 10.2. The maximum absolute atomic E-state index is 10.5. The summed E-state index contributed by atoms with van der Waals surface area (Å²) in [5, 5.41) is 10.5. The molecule has 0 aromatic rings. The van der Waals surface area contributed by atoms with Crippen LogP contribution in [0.25, 0.3) is 0 Å². The molecule has 2 atom stereocenters. The van der Waals surface area contributed by atoms with Crippen molar-refractivity contribution in [1.82, 2.24) is 4.90 Å². The lowest BCUT2D eigenvalue weighted by Crippen LogP contribution is -2.56. The van der Waals surface area contributed by atoms with Gasteiger partial charge in [-0.2, -0.15) is 0 Å². The van der Waals surface area contributed by atoms with Gasteiger partial charge in [0.05, 0.1) is 5.60 Å². The van der Waals surface area contributed by atoms with Gasteiger partial charge in [-0.3, -0.25) is 0 Å². The Morgan fingerprint density at radius 3 is 2.36 bits per heavy atom. The molecule has 2 aliphatic heterocycles. The zero-order valence-corrected chi connectivity index (χ0v) is 9.50. The molecule has 2 aliphatic rings. The molecule has 2 rings (SSSR count). The Balaban J connectivity index is 2.06. The van der Waals surface area contributed by atoms with Gasteiger partial charge in [0, 0.05) is 12.1 Å². The topological polar surface area (TPSA) is 23.5 Å². The lowest BCUT2D eigenvalue weighted by atomic mass is 9.74. The molecule has 0 radical (unpaired) electrons. The highest BCUT2D eigenvalue weighted by atomic mass is 16.3. The molecule has 14 heavy (non-hydrogen) atoms. The van der Waals surface area contributed by atoms with Gasteiger partial charge in [0.2, 0.25) is 0 Å². The number of fused-ring (bicyclic) bond motifs is 2. The minimum Gasteiger partial charge on any atom is -0.390 e. The largest absolute Gasteiger partial charge is 0.390 e. The summed E-state index contributed by atoms with van der Waals surface area (Å²) >= 11 is 0. The molecule has 0 aromatic carbocycles. The fraction of sp³-hybridized carbons (Fsp3) is 1.00. The van der Waals surface area contributed by atoms with Crippen LogP contribution in [0.3, 0.4) is 0 Å². The molecule has 0 aromatic heterocycles. The van der Waals surface area contributed by atoms with Crippen LogP contribution in [0.5, 0.6) is 0 Å². The first-order valence-corrected chi connectivity index (χ1v) is 6.09. The fourth-order valence-electron chi connectivity index (χ4n) is 3.42. The molecule has 0 spiro atoms. The molecule has 0 saturated carbocycles. The minimum atomic E-state index is -0.336. The van der Waals surface area contributed by atoms with E-state index in [1.54, 1.807) is 0 Å². The maximum atomic E-state index is 10.5. The Kier molecular flexibility index (Phi) is 2.85. The van der Waals surface area contributed by atoms with Crippen LogP contribution in [-0.2, 0) is 0 Å². The number of hydrogen-bond donors (Lipinski definition) is 1. The molecule has 2 bridgehead atoms. The van der Waals surface area contributed by atoms with Crippen LogP contribution >= 0.6 is 0 Å². The third kappa shape index (κ3) is 1.82. The van der Waals surface area contributed by atoms with Crippen LogP contribution in [0.2, 0.25) is 0 Å². The quantitative estimate of drug-likeness (QED) is 0.733. The average molecular weight is 197 g/mol. The van der Waals surface area contributed by atoms with Crippen molar-refractivity contribution < 1.29 is 5.11 Å². The molecule has 0 amide bonds. The second-order valence-electron chi connectivity index (χ2n) is 5.29. The number of rotatable bonds is 2. The van der Waals surface area contributed by atoms with E-state index in [4.69, 9.17) is 0 Å². The van der Waals surface area contributed by atoms with E-state index in [0.717, 1.165) is 25.7 Å². The summed E-state index contributed by atoms with van der Waals surface area (Å²) in [5.74, 6) is 0. The molecular formula is C12H23NO. The van der Waals surface area contributed by atoms with E-state index >= 15 is 0 Å². The highest BCUT2D eigenvalue weighted by molar-refractivity contribution is 4.98. The molecule has 1 N–H and O–H groups in total. The van der Waals surface area contributed by atoms with Gasteiger partial charge in [0.15, 0.2) is 0 Å². The average Bonchev–Trinajstić information content (AvgIpc) is 2.08. The van der Waals surface area contributed by atoms with Crippen LogP contribution in [0.4, 0.5) is 0 Å². The molecule has 0 aliphatic carbocycles. The second kappa shape index (κ2) is 3.82. The molecule has 82 valence electrons. The fourth-order valence-corrected chi connectivity index (χ4v) is 3.42. The summed E-state index contributed by atoms with van der Waals surface area (Å²) in [6.07, 6.45) is 8.06. The van der Waals surface area contributed by atoms with Crippen molar-refractivity contribution >= 4 is 0 Å². The summed E-state index contributed by atoms with van der Waals surface area (Å²) in [7, 11) is 2.24. The number of aliphatic hydroxyl groups is 1. The van der Waals surface area contributed by atoms with E-state index in [0.29, 0.717) is 12.1 Å². The molecule has 2 unspecified atom stereocenters. The van der Waals surface area contributed by atoms with Crippen molar-refractivity contribution in [3.8, 4) is 0 Å². The molecular weight excluding hydrogens is 174 g/mol. The van der Waals surface area contributed by atoms with Crippen molar-refractivity contribution in [3.63, 3.8) is 0 Å². The minimum absolute atomic E-state index is 0.336. The van der Waals surface area contributed by atoms with Gasteiger partial charge < -0.3 is 10.0 Å². The van der Waals surface area contributed by atoms with Gasteiger partial charge in [-0.15, -0.1) is 0 Å². The predicted octanol–water partition coefficient (Wildman–Crippen LogP) is 2.16. The molecule has 2 saturated heterocycles. The Bertz CT molecular complexity index is 190. The van der Waals surface area contributed by atoms with Gasteiger partial charge in [-0.1, -0.05) is 19.8 Å². The number of nitrogens with zero attached hydrogens (tertiary/aromatic N) is 1. The third-order valence-electron chi connectivity index (χ3n) is 4.17. The van der Waals surface area contributed by atoms with Crippen LogP contribution in [0.15, 0.2) is 0 Å². The summed E-state index contributed by atoms with van der Waals surface area (Å²) in [4.78, 5) is 2.51. The molecule has 2 heteroatoms. The van der Waals surface area contributed by atoms with Gasteiger partial charge in [-0.25, -0.2) is 0 Å². The molecule has 2 nitrogen and oxygen atoms in total. The molecule has 2 heterocycles. The normalized spacial score (nSPS) is 43.9. The van der Waals surface area contributed by atoms with E-state index in [-0.39, 0.29) is 5.60 Å². The monoisotopic (exact) mass is 197 g/mol. The van der Waals surface area contributed by atoms with E-state index in [1.165, 1.54) is 19.3 Å². The van der Waals surface area contributed by atoms with Crippen LogP contribution in [0, 0.1) is 0 Å². The van der Waals surface area contributed by atoms with Crippen molar-refractivity contribution in [2.24, 2.45) is 0 Å². The first-order chi connectivity index (χ1) is 6.64. The van der Waals surface area contributed by atoms with Crippen molar-refractivity contribution in [2.75, 3.05) is 7.05 Å². The first-order valence-electron chi connectivity index (χ1n) is 6.09. The second-order valence-corrected chi connectivity index (χ2v) is 5.29. The Morgan fingerprint density at radius 2 is 1.86 bits per heavy atom. The maximum Gasteiger partial charge on any atom is 0.0677 e. The van der Waals surface area contributed by atoms with Gasteiger partial charge in [0.25, 0.3) is 0 Å². The summed E-state index contributed by atoms with van der Waals surface area (Å²) < 4.78 is 0. The highest BCUT2D eigenvalue weighted by Gasteiger charge is 2.43. The zero-order valence-electron chi connectivity index (χ0n) is 9.50. The lowest BCUT2D eigenvalue weighted by molar-refractivity contribution is -0.0870. The van der Waals surface area contributed by atoms with Crippen molar-refractivity contribution in [3.05, 3.63) is 0 Å². The third-order valence-corrected chi connectivity index (χ3v) is 4.17. The van der Waals surface area contributed by atoms with Gasteiger partial charge in [-0.05, 0) is 39.2 Å². The standard InChI is InChI=1S/C12H23NO/c1-3-7-12(14)8-10-5-4-6-11(9-12)13(10)2/h10-11,14H,3-9H2,1-2H3. The van der Waals surface area contributed by atoms with Crippen LogP contribution in [0.1, 0.15) is 51.9 Å². The summed E-state index contributed by atoms with van der Waals surface area (Å²) in [6.45, 7) is 2.17. The lowest BCUT2D eigenvalue weighted by Gasteiger charge is -2.50. The van der Waals surface area contributed by atoms with E-state index in [9.17, 15) is 5.11 Å². The van der Waals surface area contributed by atoms with Crippen molar-refractivity contribution in [2.45, 2.75) is 69.6 Å². The van der Waals surface area contributed by atoms with E-state index < -0.39 is 0 Å². The predicted molar refractivity (Wildman–Crippen MR) is 58.3 cm³/mol. The Hall–Kier alpha value is -0.0800. The number of hydrogen-bond acceptors (Lipinski definition) is 2. The van der Waals surface area contributed by atoms with Crippen molar-refractivity contribution in [1.29, 1.82) is 0 Å². The van der Waals surface area contributed by atoms with E-state index in [1.807, 2.05) is 0 Å². The molecule has 2 fully saturated rings. The van der Waals surface area contributed by atoms with Gasteiger partial charge >= 0.3 is 0 Å². The van der Waals surface area contributed by atoms with Crippen LogP contribution < -0.4 is 0 Å². The summed E-state index contributed by atoms with van der Waals surface area (Å²) in [5.41, 5.74) is -0.336. The van der Waals surface area contributed by atoms with Gasteiger partial charge in [0.1, 0.15) is 0 Å². The smallest absolute Gasteiger partial charge is 0.0677 e. The SMILES string of the molecule is CCCC1(O)CC2CCCC(C1)N2C. The van der Waals surface area contributed by atoms with E-state index in [2.05, 4.69) is 18.9 Å².